The maximum Gasteiger partial charge on any atom is 0.137 e. The zero-order chi connectivity index (χ0) is 10.3. The van der Waals surface area contributed by atoms with Crippen LogP contribution in [0.15, 0.2) is 18.2 Å². The zero-order valence-corrected chi connectivity index (χ0v) is 9.49. The Balaban J connectivity index is 0.00000112. The molecule has 0 aliphatic rings. The van der Waals surface area contributed by atoms with Crippen LogP contribution in [-0.4, -0.2) is 4.98 Å². The first-order chi connectivity index (χ1) is 6.59. The fraction of sp³-hybridized carbons (Fsp3) is 0.273. The van der Waals surface area contributed by atoms with Gasteiger partial charge in [-0.05, 0) is 26.0 Å². The lowest BCUT2D eigenvalue weighted by Gasteiger charge is -2.07. The summed E-state index contributed by atoms with van der Waals surface area (Å²) in [6.45, 7) is 3.69. The summed E-state index contributed by atoms with van der Waals surface area (Å²) in [5.74, 6) is -0.207. The number of hydrogen-bond acceptors (Lipinski definition) is 1. The van der Waals surface area contributed by atoms with Crippen molar-refractivity contribution in [1.82, 2.24) is 4.98 Å². The second-order valence-electron chi connectivity index (χ2n) is 3.67. The van der Waals surface area contributed by atoms with Gasteiger partial charge in [0, 0.05) is 28.2 Å². The molecular weight excluding hydrogens is 215 g/mol. The highest BCUT2D eigenvalue weighted by atomic mass is 35.5. The molecule has 82 valence electrons. The van der Waals surface area contributed by atoms with Crippen LogP contribution in [0.5, 0.6) is 0 Å². The van der Waals surface area contributed by atoms with Crippen molar-refractivity contribution < 1.29 is 4.39 Å². The van der Waals surface area contributed by atoms with Gasteiger partial charge in [0.25, 0.3) is 0 Å². The molecule has 1 atom stereocenters. The Morgan fingerprint density at radius 3 is 2.67 bits per heavy atom. The second-order valence-corrected chi connectivity index (χ2v) is 3.67. The fourth-order valence-corrected chi connectivity index (χ4v) is 1.68. The average molecular weight is 229 g/mol. The number of nitrogens with two attached hydrogens (primary N) is 1. The summed E-state index contributed by atoms with van der Waals surface area (Å²) in [6, 6.07) is 5.13. The van der Waals surface area contributed by atoms with E-state index in [0.717, 1.165) is 11.2 Å². The minimum atomic E-state index is -0.269. The summed E-state index contributed by atoms with van der Waals surface area (Å²) in [6.07, 6.45) is 0. The normalized spacial score (nSPS) is 12.5. The number of fused-ring (bicyclic) bond motifs is 1. The Hall–Kier alpha value is -1.06. The van der Waals surface area contributed by atoms with E-state index in [1.165, 1.54) is 0 Å². The Bertz CT molecular complexity index is 477. The van der Waals surface area contributed by atoms with Crippen molar-refractivity contribution in [1.29, 1.82) is 0 Å². The van der Waals surface area contributed by atoms with Gasteiger partial charge in [-0.2, -0.15) is 0 Å². The monoisotopic (exact) mass is 228 g/mol. The SMILES string of the molecule is Cc1cc2c(F)c([C@H](C)N)ccc2[nH]1.Cl. The summed E-state index contributed by atoms with van der Waals surface area (Å²) in [4.78, 5) is 3.08. The number of halogens is 2. The van der Waals surface area contributed by atoms with E-state index >= 15 is 0 Å². The first-order valence-corrected chi connectivity index (χ1v) is 4.63. The molecule has 3 N–H and O–H groups in total. The van der Waals surface area contributed by atoms with Crippen LogP contribution in [0.2, 0.25) is 0 Å². The van der Waals surface area contributed by atoms with E-state index in [2.05, 4.69) is 4.98 Å². The number of rotatable bonds is 1. The van der Waals surface area contributed by atoms with Crippen molar-refractivity contribution in [2.24, 2.45) is 5.73 Å². The molecule has 0 aliphatic carbocycles. The van der Waals surface area contributed by atoms with Crippen LogP contribution in [-0.2, 0) is 0 Å². The number of aryl methyl sites for hydroxylation is 1. The number of aromatic nitrogens is 1. The molecule has 1 aromatic carbocycles. The molecule has 1 aromatic heterocycles. The Kier molecular flexibility index (Phi) is 3.37. The molecule has 4 heteroatoms. The first-order valence-electron chi connectivity index (χ1n) is 4.63. The molecule has 0 spiro atoms. The van der Waals surface area contributed by atoms with E-state index in [0.29, 0.717) is 10.9 Å². The highest BCUT2D eigenvalue weighted by molar-refractivity contribution is 5.85. The highest BCUT2D eigenvalue weighted by Gasteiger charge is 2.11. The molecule has 0 aliphatic heterocycles. The van der Waals surface area contributed by atoms with Crippen molar-refractivity contribution in [2.75, 3.05) is 0 Å². The number of nitrogens with one attached hydrogen (secondary N) is 1. The quantitative estimate of drug-likeness (QED) is 0.774. The Labute approximate surface area is 94.1 Å². The van der Waals surface area contributed by atoms with Crippen molar-refractivity contribution in [3.05, 3.63) is 35.3 Å². The predicted molar refractivity (Wildman–Crippen MR) is 62.8 cm³/mol. The van der Waals surface area contributed by atoms with Gasteiger partial charge in [0.1, 0.15) is 5.82 Å². The van der Waals surface area contributed by atoms with E-state index in [-0.39, 0.29) is 24.3 Å². The molecule has 0 bridgehead atoms. The van der Waals surface area contributed by atoms with Crippen molar-refractivity contribution in [3.63, 3.8) is 0 Å². The van der Waals surface area contributed by atoms with E-state index in [4.69, 9.17) is 5.73 Å². The van der Waals surface area contributed by atoms with Gasteiger partial charge in [-0.25, -0.2) is 4.39 Å². The molecule has 0 amide bonds. The third-order valence-corrected chi connectivity index (χ3v) is 2.39. The summed E-state index contributed by atoms with van der Waals surface area (Å²) < 4.78 is 13.8. The van der Waals surface area contributed by atoms with Gasteiger partial charge in [0.15, 0.2) is 0 Å². The molecule has 0 radical (unpaired) electrons. The molecule has 0 saturated carbocycles. The molecule has 1 heterocycles. The van der Waals surface area contributed by atoms with E-state index < -0.39 is 0 Å². The van der Waals surface area contributed by atoms with Crippen LogP contribution in [0, 0.1) is 12.7 Å². The third-order valence-electron chi connectivity index (χ3n) is 2.39. The van der Waals surface area contributed by atoms with Crippen molar-refractivity contribution >= 4 is 23.3 Å². The topological polar surface area (TPSA) is 41.8 Å². The van der Waals surface area contributed by atoms with Crippen molar-refractivity contribution in [2.45, 2.75) is 19.9 Å². The molecule has 2 nitrogen and oxygen atoms in total. The van der Waals surface area contributed by atoms with E-state index in [1.54, 1.807) is 19.1 Å². The van der Waals surface area contributed by atoms with Gasteiger partial charge in [-0.15, -0.1) is 12.4 Å². The van der Waals surface area contributed by atoms with Crippen LogP contribution in [0.25, 0.3) is 10.9 Å². The van der Waals surface area contributed by atoms with Crippen LogP contribution in [0.1, 0.15) is 24.2 Å². The maximum atomic E-state index is 13.8. The van der Waals surface area contributed by atoms with Crippen LogP contribution in [0.3, 0.4) is 0 Å². The van der Waals surface area contributed by atoms with Gasteiger partial charge >= 0.3 is 0 Å². The Morgan fingerprint density at radius 2 is 2.07 bits per heavy atom. The average Bonchev–Trinajstić information content (AvgIpc) is 2.46. The number of H-pyrrole nitrogens is 1. The highest BCUT2D eigenvalue weighted by Crippen LogP contribution is 2.24. The number of hydrogen-bond donors (Lipinski definition) is 2. The number of aromatic amines is 1. The second kappa shape index (κ2) is 4.21. The summed E-state index contributed by atoms with van der Waals surface area (Å²) in [5.41, 5.74) is 8.01. The standard InChI is InChI=1S/C11H13FN2.ClH/c1-6-5-9-10(14-6)4-3-8(7(2)13)11(9)12;/h3-5,7,14H,13H2,1-2H3;1H/t7-;/m0./s1. The largest absolute Gasteiger partial charge is 0.359 e. The summed E-state index contributed by atoms with van der Waals surface area (Å²) in [5, 5.41) is 0.622. The van der Waals surface area contributed by atoms with Crippen LogP contribution in [0.4, 0.5) is 4.39 Å². The van der Waals surface area contributed by atoms with Gasteiger partial charge in [-0.1, -0.05) is 6.07 Å². The van der Waals surface area contributed by atoms with Crippen molar-refractivity contribution in [3.8, 4) is 0 Å². The summed E-state index contributed by atoms with van der Waals surface area (Å²) in [7, 11) is 0. The lowest BCUT2D eigenvalue weighted by Crippen LogP contribution is -2.07. The fourth-order valence-electron chi connectivity index (χ4n) is 1.68. The van der Waals surface area contributed by atoms with Gasteiger partial charge in [0.05, 0.1) is 0 Å². The molecule has 0 unspecified atom stereocenters. The number of benzene rings is 1. The van der Waals surface area contributed by atoms with E-state index in [1.807, 2.05) is 13.0 Å². The molecule has 0 saturated heterocycles. The Morgan fingerprint density at radius 1 is 1.40 bits per heavy atom. The van der Waals surface area contributed by atoms with Gasteiger partial charge < -0.3 is 10.7 Å². The molecule has 2 aromatic rings. The third kappa shape index (κ3) is 1.98. The minimum absolute atomic E-state index is 0. The smallest absolute Gasteiger partial charge is 0.137 e. The minimum Gasteiger partial charge on any atom is -0.359 e. The van der Waals surface area contributed by atoms with Crippen LogP contribution >= 0.6 is 12.4 Å². The maximum absolute atomic E-state index is 13.8. The van der Waals surface area contributed by atoms with Gasteiger partial charge in [-0.3, -0.25) is 0 Å². The lowest BCUT2D eigenvalue weighted by molar-refractivity contribution is 0.605. The molecule has 2 rings (SSSR count). The predicted octanol–water partition coefficient (Wildman–Crippen LogP) is 3.06. The lowest BCUT2D eigenvalue weighted by atomic mass is 10.1. The molecule has 0 fully saturated rings. The summed E-state index contributed by atoms with van der Waals surface area (Å²) >= 11 is 0. The van der Waals surface area contributed by atoms with Gasteiger partial charge in [0.2, 0.25) is 0 Å². The first kappa shape index (κ1) is 12.0. The molecule has 15 heavy (non-hydrogen) atoms. The van der Waals surface area contributed by atoms with E-state index in [9.17, 15) is 4.39 Å². The zero-order valence-electron chi connectivity index (χ0n) is 8.67. The molecular formula is C11H14ClFN2. The van der Waals surface area contributed by atoms with Crippen LogP contribution < -0.4 is 5.73 Å².